The van der Waals surface area contributed by atoms with E-state index in [9.17, 15) is 5.26 Å². The Balaban J connectivity index is 2.05. The maximum atomic E-state index is 9.31. The van der Waals surface area contributed by atoms with Gasteiger partial charge >= 0.3 is 0 Å². The summed E-state index contributed by atoms with van der Waals surface area (Å²) in [4.78, 5) is 7.61. The fourth-order valence-corrected chi connectivity index (χ4v) is 2.92. The van der Waals surface area contributed by atoms with Gasteiger partial charge in [-0.1, -0.05) is 0 Å². The number of methoxy groups -OCH3 is 3. The first-order valence-corrected chi connectivity index (χ1v) is 8.38. The number of nitrogens with zero attached hydrogens (tertiary/aromatic N) is 2. The SMILES string of the molecule is CCNc1cc(Nc2cc(OC)c(OC)c(OC)c2)nc2[nH]cc(C#N)c12. The van der Waals surface area contributed by atoms with Crippen molar-refractivity contribution in [3.63, 3.8) is 0 Å². The lowest BCUT2D eigenvalue weighted by Crippen LogP contribution is -2.02. The van der Waals surface area contributed by atoms with E-state index in [0.717, 1.165) is 23.3 Å². The Bertz CT molecular complexity index is 981. The zero-order valence-electron chi connectivity index (χ0n) is 15.6. The quantitative estimate of drug-likeness (QED) is 0.585. The second-order valence-corrected chi connectivity index (χ2v) is 5.66. The van der Waals surface area contributed by atoms with Crippen molar-refractivity contribution in [2.45, 2.75) is 6.92 Å². The van der Waals surface area contributed by atoms with Gasteiger partial charge in [-0.05, 0) is 6.92 Å². The summed E-state index contributed by atoms with van der Waals surface area (Å²) in [7, 11) is 4.69. The molecule has 0 aliphatic carbocycles. The summed E-state index contributed by atoms with van der Waals surface area (Å²) in [6, 6.07) is 7.65. The number of benzene rings is 1. The van der Waals surface area contributed by atoms with Crippen LogP contribution in [-0.2, 0) is 0 Å². The van der Waals surface area contributed by atoms with E-state index in [0.29, 0.717) is 34.3 Å². The molecule has 0 atom stereocenters. The lowest BCUT2D eigenvalue weighted by Gasteiger charge is -2.15. The van der Waals surface area contributed by atoms with Crippen LogP contribution in [0.3, 0.4) is 0 Å². The number of nitriles is 1. The van der Waals surface area contributed by atoms with Gasteiger partial charge in [0.15, 0.2) is 11.5 Å². The molecule has 8 heteroatoms. The highest BCUT2D eigenvalue weighted by molar-refractivity contribution is 5.96. The van der Waals surface area contributed by atoms with Crippen molar-refractivity contribution >= 4 is 28.2 Å². The molecule has 8 nitrogen and oxygen atoms in total. The van der Waals surface area contributed by atoms with Crippen molar-refractivity contribution in [2.24, 2.45) is 0 Å². The van der Waals surface area contributed by atoms with Gasteiger partial charge in [0.1, 0.15) is 17.5 Å². The minimum atomic E-state index is 0.519. The maximum Gasteiger partial charge on any atom is 0.203 e. The summed E-state index contributed by atoms with van der Waals surface area (Å²) >= 11 is 0. The van der Waals surface area contributed by atoms with Crippen molar-refractivity contribution < 1.29 is 14.2 Å². The van der Waals surface area contributed by atoms with Gasteiger partial charge in [-0.2, -0.15) is 5.26 Å². The smallest absolute Gasteiger partial charge is 0.203 e. The van der Waals surface area contributed by atoms with Gasteiger partial charge < -0.3 is 29.8 Å². The fourth-order valence-electron chi connectivity index (χ4n) is 2.92. The van der Waals surface area contributed by atoms with E-state index in [1.165, 1.54) is 0 Å². The van der Waals surface area contributed by atoms with Gasteiger partial charge in [-0.25, -0.2) is 4.98 Å². The number of H-pyrrole nitrogens is 1. The van der Waals surface area contributed by atoms with Crippen LogP contribution in [0.1, 0.15) is 12.5 Å². The summed E-state index contributed by atoms with van der Waals surface area (Å²) in [5.74, 6) is 2.21. The number of aromatic amines is 1. The third-order valence-corrected chi connectivity index (χ3v) is 4.07. The molecular weight excluding hydrogens is 346 g/mol. The Morgan fingerprint density at radius 1 is 1.11 bits per heavy atom. The minimum absolute atomic E-state index is 0.519. The molecule has 0 radical (unpaired) electrons. The first kappa shape index (κ1) is 18.2. The van der Waals surface area contributed by atoms with E-state index in [-0.39, 0.29) is 0 Å². The molecule has 0 saturated heterocycles. The maximum absolute atomic E-state index is 9.31. The van der Waals surface area contributed by atoms with Gasteiger partial charge in [0.2, 0.25) is 5.75 Å². The molecule has 0 saturated carbocycles. The highest BCUT2D eigenvalue weighted by Gasteiger charge is 2.15. The third-order valence-electron chi connectivity index (χ3n) is 4.07. The molecule has 3 aromatic rings. The number of fused-ring (bicyclic) bond motifs is 1. The minimum Gasteiger partial charge on any atom is -0.493 e. The Hall–Kier alpha value is -3.60. The average Bonchev–Trinajstić information content (AvgIpc) is 3.10. The van der Waals surface area contributed by atoms with Crippen LogP contribution in [0.25, 0.3) is 11.0 Å². The van der Waals surface area contributed by atoms with Crippen molar-refractivity contribution in [3.05, 3.63) is 30.0 Å². The number of nitrogens with one attached hydrogen (secondary N) is 3. The Morgan fingerprint density at radius 3 is 2.37 bits per heavy atom. The van der Waals surface area contributed by atoms with Crippen LogP contribution in [0.4, 0.5) is 17.2 Å². The van der Waals surface area contributed by atoms with E-state index >= 15 is 0 Å². The molecule has 3 N–H and O–H groups in total. The lowest BCUT2D eigenvalue weighted by atomic mass is 10.2. The molecule has 27 heavy (non-hydrogen) atoms. The molecule has 0 spiro atoms. The second-order valence-electron chi connectivity index (χ2n) is 5.66. The highest BCUT2D eigenvalue weighted by Crippen LogP contribution is 2.40. The molecule has 0 aliphatic rings. The largest absolute Gasteiger partial charge is 0.493 e. The zero-order chi connectivity index (χ0) is 19.4. The Morgan fingerprint density at radius 2 is 1.81 bits per heavy atom. The van der Waals surface area contributed by atoms with Crippen LogP contribution in [-0.4, -0.2) is 37.8 Å². The van der Waals surface area contributed by atoms with E-state index < -0.39 is 0 Å². The third kappa shape index (κ3) is 3.40. The van der Waals surface area contributed by atoms with E-state index in [2.05, 4.69) is 26.7 Å². The predicted molar refractivity (Wildman–Crippen MR) is 104 cm³/mol. The van der Waals surface area contributed by atoms with Gasteiger partial charge in [-0.3, -0.25) is 0 Å². The normalized spacial score (nSPS) is 10.3. The molecule has 2 aromatic heterocycles. The van der Waals surface area contributed by atoms with E-state index in [4.69, 9.17) is 14.2 Å². The Labute approximate surface area is 157 Å². The van der Waals surface area contributed by atoms with Crippen molar-refractivity contribution in [1.29, 1.82) is 5.26 Å². The summed E-state index contributed by atoms with van der Waals surface area (Å²) in [6.45, 7) is 2.72. The van der Waals surface area contributed by atoms with Crippen LogP contribution in [0.2, 0.25) is 0 Å². The van der Waals surface area contributed by atoms with Crippen LogP contribution >= 0.6 is 0 Å². The lowest BCUT2D eigenvalue weighted by molar-refractivity contribution is 0.324. The summed E-state index contributed by atoms with van der Waals surface area (Å²) in [5, 5.41) is 16.6. The molecule has 2 heterocycles. The number of pyridine rings is 1. The van der Waals surface area contributed by atoms with Crippen LogP contribution in [0.5, 0.6) is 17.2 Å². The predicted octanol–water partition coefficient (Wildman–Crippen LogP) is 3.64. The molecule has 0 aliphatic heterocycles. The van der Waals surface area contributed by atoms with Crippen LogP contribution < -0.4 is 24.8 Å². The molecule has 140 valence electrons. The second kappa shape index (κ2) is 7.74. The zero-order valence-corrected chi connectivity index (χ0v) is 15.6. The van der Waals surface area contributed by atoms with Gasteiger partial charge in [0.05, 0.1) is 38.0 Å². The standard InChI is InChI=1S/C19H21N5O3/c1-5-21-13-8-16(24-19-17(13)11(9-20)10-22-19)23-12-6-14(25-2)18(27-4)15(7-12)26-3/h6-8,10H,5H2,1-4H3,(H3,21,22,23,24). The number of aromatic nitrogens is 2. The number of rotatable bonds is 7. The van der Waals surface area contributed by atoms with Crippen molar-refractivity contribution in [2.75, 3.05) is 38.5 Å². The topological polar surface area (TPSA) is 104 Å². The summed E-state index contributed by atoms with van der Waals surface area (Å²) < 4.78 is 16.1. The van der Waals surface area contributed by atoms with Crippen molar-refractivity contribution in [1.82, 2.24) is 9.97 Å². The molecule has 0 bridgehead atoms. The Kier molecular flexibility index (Phi) is 5.22. The molecule has 0 fully saturated rings. The van der Waals surface area contributed by atoms with Crippen LogP contribution in [0, 0.1) is 11.3 Å². The van der Waals surface area contributed by atoms with Gasteiger partial charge in [0.25, 0.3) is 0 Å². The monoisotopic (exact) mass is 367 g/mol. The van der Waals surface area contributed by atoms with Gasteiger partial charge in [-0.15, -0.1) is 0 Å². The summed E-state index contributed by atoms with van der Waals surface area (Å²) in [6.07, 6.45) is 1.65. The van der Waals surface area contributed by atoms with E-state index in [1.807, 2.05) is 13.0 Å². The highest BCUT2D eigenvalue weighted by atomic mass is 16.5. The fraction of sp³-hybridized carbons (Fsp3) is 0.263. The van der Waals surface area contributed by atoms with E-state index in [1.54, 1.807) is 39.7 Å². The van der Waals surface area contributed by atoms with Gasteiger partial charge in [0, 0.05) is 36.6 Å². The average molecular weight is 367 g/mol. The first-order valence-electron chi connectivity index (χ1n) is 8.38. The van der Waals surface area contributed by atoms with Crippen LogP contribution in [0.15, 0.2) is 24.4 Å². The number of ether oxygens (including phenoxy) is 3. The molecule has 1 aromatic carbocycles. The molecule has 0 amide bonds. The molecule has 3 rings (SSSR count). The number of hydrogen-bond acceptors (Lipinski definition) is 7. The number of anilines is 3. The van der Waals surface area contributed by atoms with Crippen molar-refractivity contribution in [3.8, 4) is 23.3 Å². The number of hydrogen-bond donors (Lipinski definition) is 3. The first-order chi connectivity index (χ1) is 13.1. The molecular formula is C19H21N5O3. The molecule has 0 unspecified atom stereocenters. The summed E-state index contributed by atoms with van der Waals surface area (Å²) in [5.41, 5.74) is 2.73.